The van der Waals surface area contributed by atoms with Crippen LogP contribution in [0.4, 0.5) is 0 Å². The molecule has 0 aromatic carbocycles. The predicted octanol–water partition coefficient (Wildman–Crippen LogP) is 2.10. The first kappa shape index (κ1) is 12.0. The molecule has 0 saturated carbocycles. The second-order valence-electron chi connectivity index (χ2n) is 4.40. The van der Waals surface area contributed by atoms with Gasteiger partial charge in [0, 0.05) is 30.9 Å². The predicted molar refractivity (Wildman–Crippen MR) is 70.1 cm³/mol. The molecule has 0 amide bonds. The van der Waals surface area contributed by atoms with Gasteiger partial charge in [0.2, 0.25) is 0 Å². The summed E-state index contributed by atoms with van der Waals surface area (Å²) in [5, 5.41) is 3.47. The standard InChI is InChI=1S/C12H21N3S/c1-16-7-3-6-15-10-14-9-12(15)11-4-2-5-13-8-11/h9-11,13H,2-8H2,1H3. The molecule has 3 nitrogen and oxygen atoms in total. The number of aromatic nitrogens is 2. The van der Waals surface area contributed by atoms with Crippen LogP contribution in [0.1, 0.15) is 30.9 Å². The molecule has 1 unspecified atom stereocenters. The number of hydrogen-bond donors (Lipinski definition) is 1. The zero-order valence-corrected chi connectivity index (χ0v) is 10.8. The van der Waals surface area contributed by atoms with E-state index in [4.69, 9.17) is 0 Å². The lowest BCUT2D eigenvalue weighted by molar-refractivity contribution is 0.440. The summed E-state index contributed by atoms with van der Waals surface area (Å²) in [5.41, 5.74) is 1.42. The van der Waals surface area contributed by atoms with Crippen molar-refractivity contribution in [1.82, 2.24) is 14.9 Å². The molecule has 1 atom stereocenters. The van der Waals surface area contributed by atoms with Crippen molar-refractivity contribution in [2.24, 2.45) is 0 Å². The number of nitrogens with zero attached hydrogens (tertiary/aromatic N) is 2. The Morgan fingerprint density at radius 2 is 2.56 bits per heavy atom. The van der Waals surface area contributed by atoms with Gasteiger partial charge in [-0.15, -0.1) is 0 Å². The van der Waals surface area contributed by atoms with Crippen molar-refractivity contribution in [2.75, 3.05) is 25.1 Å². The van der Waals surface area contributed by atoms with Gasteiger partial charge in [0.15, 0.2) is 0 Å². The minimum absolute atomic E-state index is 0.672. The van der Waals surface area contributed by atoms with Crippen LogP contribution in [-0.4, -0.2) is 34.6 Å². The zero-order valence-electron chi connectivity index (χ0n) is 9.98. The molecular formula is C12H21N3S. The van der Waals surface area contributed by atoms with E-state index in [9.17, 15) is 0 Å². The van der Waals surface area contributed by atoms with Crippen LogP contribution < -0.4 is 5.32 Å². The molecule has 0 spiro atoms. The van der Waals surface area contributed by atoms with Gasteiger partial charge in [-0.1, -0.05) is 0 Å². The highest BCUT2D eigenvalue weighted by Crippen LogP contribution is 2.23. The SMILES string of the molecule is CSCCCn1cncc1C1CCCNC1. The Labute approximate surface area is 102 Å². The van der Waals surface area contributed by atoms with Crippen LogP contribution >= 0.6 is 11.8 Å². The van der Waals surface area contributed by atoms with Crippen LogP contribution in [0.15, 0.2) is 12.5 Å². The third kappa shape index (κ3) is 3.01. The van der Waals surface area contributed by atoms with Crippen molar-refractivity contribution < 1.29 is 0 Å². The van der Waals surface area contributed by atoms with Gasteiger partial charge in [0.1, 0.15) is 0 Å². The Kier molecular flexibility index (Phi) is 4.72. The molecule has 4 heteroatoms. The molecule has 1 aromatic rings. The maximum Gasteiger partial charge on any atom is 0.0948 e. The molecule has 1 aromatic heterocycles. The fourth-order valence-corrected chi connectivity index (χ4v) is 2.76. The zero-order chi connectivity index (χ0) is 11.2. The second kappa shape index (κ2) is 6.30. The van der Waals surface area contributed by atoms with Gasteiger partial charge in [-0.05, 0) is 37.8 Å². The molecule has 2 rings (SSSR count). The highest BCUT2D eigenvalue weighted by atomic mass is 32.2. The van der Waals surface area contributed by atoms with E-state index in [1.54, 1.807) is 0 Å². The summed E-state index contributed by atoms with van der Waals surface area (Å²) >= 11 is 1.92. The summed E-state index contributed by atoms with van der Waals surface area (Å²) in [4.78, 5) is 4.30. The van der Waals surface area contributed by atoms with E-state index in [2.05, 4.69) is 27.3 Å². The topological polar surface area (TPSA) is 29.9 Å². The van der Waals surface area contributed by atoms with Crippen LogP contribution in [0.2, 0.25) is 0 Å². The lowest BCUT2D eigenvalue weighted by Gasteiger charge is -2.23. The molecule has 1 saturated heterocycles. The summed E-state index contributed by atoms with van der Waals surface area (Å²) < 4.78 is 2.34. The third-order valence-corrected chi connectivity index (χ3v) is 3.90. The molecule has 0 aliphatic carbocycles. The Morgan fingerprint density at radius 3 is 3.31 bits per heavy atom. The summed E-state index contributed by atoms with van der Waals surface area (Å²) in [7, 11) is 0. The fraction of sp³-hybridized carbons (Fsp3) is 0.750. The molecule has 0 radical (unpaired) electrons. The summed E-state index contributed by atoms with van der Waals surface area (Å²) in [6.07, 6.45) is 10.0. The number of hydrogen-bond acceptors (Lipinski definition) is 3. The van der Waals surface area contributed by atoms with Crippen molar-refractivity contribution in [3.8, 4) is 0 Å². The molecular weight excluding hydrogens is 218 g/mol. The van der Waals surface area contributed by atoms with Gasteiger partial charge >= 0.3 is 0 Å². The van der Waals surface area contributed by atoms with Gasteiger partial charge in [-0.3, -0.25) is 0 Å². The Bertz CT molecular complexity index is 305. The molecule has 0 bridgehead atoms. The number of piperidine rings is 1. The largest absolute Gasteiger partial charge is 0.334 e. The second-order valence-corrected chi connectivity index (χ2v) is 5.39. The van der Waals surface area contributed by atoms with Gasteiger partial charge in [0.25, 0.3) is 0 Å². The maximum atomic E-state index is 4.30. The van der Waals surface area contributed by atoms with Crippen molar-refractivity contribution in [3.05, 3.63) is 18.2 Å². The maximum absolute atomic E-state index is 4.30. The average Bonchev–Trinajstić information content (AvgIpc) is 2.79. The highest BCUT2D eigenvalue weighted by molar-refractivity contribution is 7.98. The van der Waals surface area contributed by atoms with Crippen molar-refractivity contribution in [2.45, 2.75) is 31.7 Å². The van der Waals surface area contributed by atoms with Crippen LogP contribution in [-0.2, 0) is 6.54 Å². The van der Waals surface area contributed by atoms with E-state index in [-0.39, 0.29) is 0 Å². The fourth-order valence-electron chi connectivity index (χ4n) is 2.34. The van der Waals surface area contributed by atoms with Crippen LogP contribution in [0.25, 0.3) is 0 Å². The highest BCUT2D eigenvalue weighted by Gasteiger charge is 2.18. The summed E-state index contributed by atoms with van der Waals surface area (Å²) in [6, 6.07) is 0. The minimum atomic E-state index is 0.672. The van der Waals surface area contributed by atoms with Crippen LogP contribution in [0, 0.1) is 0 Å². The Balaban J connectivity index is 1.94. The summed E-state index contributed by atoms with van der Waals surface area (Å²) in [5.74, 6) is 1.91. The van der Waals surface area contributed by atoms with E-state index in [0.29, 0.717) is 5.92 Å². The van der Waals surface area contributed by atoms with Gasteiger partial charge in [-0.2, -0.15) is 11.8 Å². The van der Waals surface area contributed by atoms with Crippen molar-refractivity contribution in [1.29, 1.82) is 0 Å². The van der Waals surface area contributed by atoms with Gasteiger partial charge in [-0.25, -0.2) is 4.98 Å². The van der Waals surface area contributed by atoms with E-state index >= 15 is 0 Å². The van der Waals surface area contributed by atoms with E-state index in [1.807, 2.05) is 18.1 Å². The first-order valence-electron chi connectivity index (χ1n) is 6.11. The van der Waals surface area contributed by atoms with Gasteiger partial charge in [0.05, 0.1) is 6.33 Å². The molecule has 1 aliphatic heterocycles. The number of imidazole rings is 1. The molecule has 2 heterocycles. The van der Waals surface area contributed by atoms with Crippen LogP contribution in [0.5, 0.6) is 0 Å². The van der Waals surface area contributed by atoms with Crippen molar-refractivity contribution in [3.63, 3.8) is 0 Å². The molecule has 90 valence electrons. The Hall–Kier alpha value is -0.480. The van der Waals surface area contributed by atoms with E-state index in [0.717, 1.165) is 13.1 Å². The molecule has 1 fully saturated rings. The normalized spacial score (nSPS) is 21.2. The lowest BCUT2D eigenvalue weighted by Crippen LogP contribution is -2.29. The minimum Gasteiger partial charge on any atom is -0.334 e. The molecule has 1 N–H and O–H groups in total. The number of aryl methyl sites for hydroxylation is 1. The Morgan fingerprint density at radius 1 is 1.62 bits per heavy atom. The number of nitrogens with one attached hydrogen (secondary N) is 1. The molecule has 16 heavy (non-hydrogen) atoms. The summed E-state index contributed by atoms with van der Waals surface area (Å²) in [6.45, 7) is 3.41. The smallest absolute Gasteiger partial charge is 0.0948 e. The monoisotopic (exact) mass is 239 g/mol. The number of rotatable bonds is 5. The lowest BCUT2D eigenvalue weighted by atomic mass is 9.96. The van der Waals surface area contributed by atoms with E-state index < -0.39 is 0 Å². The van der Waals surface area contributed by atoms with Crippen molar-refractivity contribution >= 4 is 11.8 Å². The molecule has 1 aliphatic rings. The van der Waals surface area contributed by atoms with Crippen LogP contribution in [0.3, 0.4) is 0 Å². The third-order valence-electron chi connectivity index (χ3n) is 3.21. The average molecular weight is 239 g/mol. The number of thioether (sulfide) groups is 1. The van der Waals surface area contributed by atoms with Gasteiger partial charge < -0.3 is 9.88 Å². The quantitative estimate of drug-likeness (QED) is 0.798. The first-order valence-corrected chi connectivity index (χ1v) is 7.51. The van der Waals surface area contributed by atoms with E-state index in [1.165, 1.54) is 37.3 Å². The first-order chi connectivity index (χ1) is 7.92.